The highest BCUT2D eigenvalue weighted by Gasteiger charge is 2.77. The molecule has 5 aliphatic carbocycles. The van der Waals surface area contributed by atoms with Gasteiger partial charge in [-0.3, -0.25) is 24.0 Å². The smallest absolute Gasteiger partial charge is 0.343 e. The molecule has 4 saturated carbocycles. The zero-order valence-electron chi connectivity index (χ0n) is 36.7. The molecule has 6 aliphatic rings. The molecule has 1 aromatic heterocycles. The molecule has 9 atom stereocenters. The van der Waals surface area contributed by atoms with Crippen molar-refractivity contribution < 1.29 is 56.8 Å². The Morgan fingerprint density at radius 1 is 1.06 bits per heavy atom. The molecule has 0 amide bonds. The average Bonchev–Trinajstić information content (AvgIpc) is 4.05. The molecule has 8 rings (SSSR count). The van der Waals surface area contributed by atoms with Gasteiger partial charge in [0.25, 0.3) is 0 Å². The molecule has 0 spiro atoms. The van der Waals surface area contributed by atoms with Crippen molar-refractivity contribution in [1.29, 1.82) is 0 Å². The number of nitrogens with zero attached hydrogens (tertiary/aromatic N) is 2. The third-order valence-corrected chi connectivity index (χ3v) is 15.3. The predicted octanol–water partition coefficient (Wildman–Crippen LogP) is 5.25. The minimum absolute atomic E-state index is 0.0233. The maximum Gasteiger partial charge on any atom is 0.343 e. The summed E-state index contributed by atoms with van der Waals surface area (Å²) in [6.45, 7) is 8.97. The number of benzene rings is 1. The number of ether oxygens (including phenoxy) is 4. The van der Waals surface area contributed by atoms with Crippen LogP contribution in [0.5, 0.6) is 5.75 Å². The molecular weight excluding hydrogens is 821 g/mol. The molecule has 1 unspecified atom stereocenters. The van der Waals surface area contributed by atoms with Gasteiger partial charge in [0.1, 0.15) is 11.3 Å². The van der Waals surface area contributed by atoms with Crippen LogP contribution in [0.15, 0.2) is 40.9 Å². The SMILES string of the molecule is COc1c(N2CCNC(C)C2)c(F)cc2c(=O)c(C(=O)OCCCC(=O)O[C@@]3(C(=O)COC(C)=O)[C@H](C)C[C@@H]4[C@H]5CCC6=CC(=O)C=C[C@@]6(C)[C@]5(F)[C@H](O)C[C@]43C)cn(C3CC3)c12. The second kappa shape index (κ2) is 16.2. The van der Waals surface area contributed by atoms with Crippen LogP contribution in [0.1, 0.15) is 102 Å². The Bertz CT molecular complexity index is 2390. The molecule has 1 saturated heterocycles. The molecule has 0 radical (unpaired) electrons. The number of halogens is 2. The number of rotatable bonds is 12. The number of fused-ring (bicyclic) bond motifs is 6. The lowest BCUT2D eigenvalue weighted by Gasteiger charge is -2.62. The van der Waals surface area contributed by atoms with Gasteiger partial charge in [0.2, 0.25) is 11.2 Å². The highest BCUT2D eigenvalue weighted by molar-refractivity contribution is 6.01. The van der Waals surface area contributed by atoms with Crippen molar-refractivity contribution in [3.05, 3.63) is 57.7 Å². The van der Waals surface area contributed by atoms with E-state index in [0.29, 0.717) is 43.6 Å². The van der Waals surface area contributed by atoms with Crippen molar-refractivity contribution in [3.8, 4) is 5.75 Å². The number of Topliss-reactive ketones (excluding diaryl/α,β-unsaturated/α-hetero) is 1. The first-order chi connectivity index (χ1) is 29.8. The van der Waals surface area contributed by atoms with E-state index in [4.69, 9.17) is 18.9 Å². The fourth-order valence-corrected chi connectivity index (χ4v) is 12.2. The Kier molecular flexibility index (Phi) is 11.5. The Balaban J connectivity index is 1.01. The number of aliphatic hydroxyl groups excluding tert-OH is 1. The summed E-state index contributed by atoms with van der Waals surface area (Å²) in [6, 6.07) is 1.20. The maximum absolute atomic E-state index is 17.9. The fraction of sp³-hybridized carbons (Fsp3) is 0.617. The largest absolute Gasteiger partial charge is 0.492 e. The molecule has 1 aliphatic heterocycles. The van der Waals surface area contributed by atoms with Gasteiger partial charge < -0.3 is 38.8 Å². The van der Waals surface area contributed by atoms with Gasteiger partial charge in [0, 0.05) is 73.9 Å². The van der Waals surface area contributed by atoms with E-state index in [0.717, 1.165) is 25.8 Å². The van der Waals surface area contributed by atoms with Crippen LogP contribution in [-0.2, 0) is 33.4 Å². The lowest BCUT2D eigenvalue weighted by molar-refractivity contribution is -0.228. The zero-order valence-corrected chi connectivity index (χ0v) is 36.7. The van der Waals surface area contributed by atoms with Crippen LogP contribution in [-0.4, -0.2) is 103 Å². The molecule has 1 aromatic carbocycles. The van der Waals surface area contributed by atoms with Gasteiger partial charge in [-0.05, 0) is 82.9 Å². The molecular formula is C47H57F2N3O11. The summed E-state index contributed by atoms with van der Waals surface area (Å²) in [5.74, 6) is -5.88. The summed E-state index contributed by atoms with van der Waals surface area (Å²) in [5, 5.41) is 15.2. The van der Waals surface area contributed by atoms with Gasteiger partial charge in [-0.25, -0.2) is 13.6 Å². The maximum atomic E-state index is 17.9. The molecule has 2 N–H and O–H groups in total. The summed E-state index contributed by atoms with van der Waals surface area (Å²) in [6.07, 6.45) is 5.99. The molecule has 14 nitrogen and oxygen atoms in total. The first kappa shape index (κ1) is 44.6. The highest BCUT2D eigenvalue weighted by atomic mass is 19.1. The molecule has 340 valence electrons. The number of piperazine rings is 1. The van der Waals surface area contributed by atoms with E-state index in [9.17, 15) is 33.9 Å². The predicted molar refractivity (Wildman–Crippen MR) is 226 cm³/mol. The van der Waals surface area contributed by atoms with Crippen molar-refractivity contribution in [1.82, 2.24) is 9.88 Å². The Labute approximate surface area is 364 Å². The van der Waals surface area contributed by atoms with Crippen LogP contribution in [0.25, 0.3) is 10.9 Å². The number of alkyl halides is 1. The van der Waals surface area contributed by atoms with Gasteiger partial charge >= 0.3 is 17.9 Å². The summed E-state index contributed by atoms with van der Waals surface area (Å²) in [5.41, 5.74) is -6.46. The number of carbonyl (C=O) groups excluding carboxylic acids is 5. The van der Waals surface area contributed by atoms with Crippen molar-refractivity contribution in [2.45, 2.75) is 115 Å². The lowest BCUT2D eigenvalue weighted by Crippen LogP contribution is -2.70. The number of aromatic nitrogens is 1. The van der Waals surface area contributed by atoms with Crippen molar-refractivity contribution in [2.75, 3.05) is 44.9 Å². The van der Waals surface area contributed by atoms with E-state index in [1.807, 2.05) is 11.8 Å². The van der Waals surface area contributed by atoms with E-state index < -0.39 is 87.5 Å². The second-order valence-electron chi connectivity index (χ2n) is 19.0. The number of allylic oxidation sites excluding steroid dienone is 4. The summed E-state index contributed by atoms with van der Waals surface area (Å²) in [7, 11) is 1.43. The van der Waals surface area contributed by atoms with Crippen LogP contribution >= 0.6 is 0 Å². The number of ketones is 2. The first-order valence-corrected chi connectivity index (χ1v) is 22.1. The number of carbonyl (C=O) groups is 5. The fourth-order valence-electron chi connectivity index (χ4n) is 12.2. The van der Waals surface area contributed by atoms with E-state index >= 15 is 8.78 Å². The average molecular weight is 878 g/mol. The molecule has 2 aromatic rings. The third kappa shape index (κ3) is 7.01. The van der Waals surface area contributed by atoms with Crippen LogP contribution in [0.3, 0.4) is 0 Å². The normalized spacial score (nSPS) is 33.5. The monoisotopic (exact) mass is 877 g/mol. The van der Waals surface area contributed by atoms with E-state index in [1.165, 1.54) is 31.5 Å². The number of aliphatic hydroxyl groups is 1. The zero-order chi connectivity index (χ0) is 45.4. The number of hydrogen-bond acceptors (Lipinski definition) is 13. The van der Waals surface area contributed by atoms with Crippen molar-refractivity contribution in [2.24, 2.45) is 28.6 Å². The number of pyridine rings is 1. The standard InChI is InChI=1S/C47H57F2N3O11/c1-25-18-34-33-12-9-28-19-30(54)13-14-44(28,4)46(33,49)36(55)21-45(34,5)47(25,37(56)24-62-27(3)53)63-38(57)8-7-17-61-43(59)32-23-52(29-10-11-29)39-31(41(32)58)20-35(48)40(42(39)60-6)51-16-15-50-26(2)22-51/h13-14,19-20,23,25-26,29,33-34,36,50,55H,7-12,15-18,21-22,24H2,1-6H3/t25-,26?,33-,34-,36-,44-,45-,46-,47-/m1/s1. The topological polar surface area (TPSA) is 180 Å². The number of methoxy groups -OCH3 is 1. The van der Waals surface area contributed by atoms with Crippen molar-refractivity contribution in [3.63, 3.8) is 0 Å². The van der Waals surface area contributed by atoms with Crippen LogP contribution in [0, 0.1) is 34.4 Å². The first-order valence-electron chi connectivity index (χ1n) is 22.1. The Hall–Kier alpha value is -4.96. The minimum Gasteiger partial charge on any atom is -0.492 e. The van der Waals surface area contributed by atoms with Gasteiger partial charge in [0.15, 0.2) is 35.2 Å². The van der Waals surface area contributed by atoms with Crippen molar-refractivity contribution >= 4 is 46.1 Å². The van der Waals surface area contributed by atoms with Crippen LogP contribution < -0.4 is 20.4 Å². The Morgan fingerprint density at radius 3 is 2.49 bits per heavy atom. The molecule has 0 bridgehead atoms. The molecule has 2 heterocycles. The van der Waals surface area contributed by atoms with Gasteiger partial charge in [0.05, 0.1) is 30.7 Å². The number of nitrogens with one attached hydrogen (secondary N) is 1. The summed E-state index contributed by atoms with van der Waals surface area (Å²) >= 11 is 0. The minimum atomic E-state index is -2.19. The van der Waals surface area contributed by atoms with E-state index in [2.05, 4.69) is 5.32 Å². The quantitative estimate of drug-likeness (QED) is 0.161. The number of anilines is 1. The van der Waals surface area contributed by atoms with E-state index in [1.54, 1.807) is 25.3 Å². The van der Waals surface area contributed by atoms with Crippen LogP contribution in [0.4, 0.5) is 14.5 Å². The Morgan fingerprint density at radius 2 is 1.81 bits per heavy atom. The highest BCUT2D eigenvalue weighted by Crippen LogP contribution is 2.71. The van der Waals surface area contributed by atoms with E-state index in [-0.39, 0.29) is 72.5 Å². The lowest BCUT2D eigenvalue weighted by atomic mass is 9.44. The van der Waals surface area contributed by atoms with Crippen LogP contribution in [0.2, 0.25) is 0 Å². The number of hydrogen-bond donors (Lipinski definition) is 2. The molecule has 63 heavy (non-hydrogen) atoms. The molecule has 5 fully saturated rings. The summed E-state index contributed by atoms with van der Waals surface area (Å²) in [4.78, 5) is 81.8. The second-order valence-corrected chi connectivity index (χ2v) is 19.0. The summed E-state index contributed by atoms with van der Waals surface area (Å²) < 4.78 is 58.3. The number of esters is 3. The third-order valence-electron chi connectivity index (χ3n) is 15.3. The molecule has 16 heteroatoms. The van der Waals surface area contributed by atoms with Gasteiger partial charge in [-0.15, -0.1) is 0 Å². The van der Waals surface area contributed by atoms with Gasteiger partial charge in [-0.2, -0.15) is 0 Å². The van der Waals surface area contributed by atoms with Gasteiger partial charge in [-0.1, -0.05) is 25.5 Å².